The average Bonchev–Trinajstić information content (AvgIpc) is 3.42. The van der Waals surface area contributed by atoms with Crippen molar-refractivity contribution in [1.29, 1.82) is 0 Å². The fourth-order valence-electron chi connectivity index (χ4n) is 6.49. The van der Waals surface area contributed by atoms with Gasteiger partial charge in [0, 0.05) is 11.8 Å². The van der Waals surface area contributed by atoms with Gasteiger partial charge in [0.05, 0.1) is 11.8 Å². The number of rotatable bonds is 4. The van der Waals surface area contributed by atoms with E-state index in [1.165, 1.54) is 6.42 Å². The highest BCUT2D eigenvalue weighted by atomic mass is 16.6. The summed E-state index contributed by atoms with van der Waals surface area (Å²) in [5.74, 6) is -0.229. The molecule has 0 heterocycles. The van der Waals surface area contributed by atoms with Gasteiger partial charge in [-0.25, -0.2) is 0 Å². The Bertz CT molecular complexity index is 719. The fraction of sp³-hybridized carbons (Fsp3) is 0.783. The summed E-state index contributed by atoms with van der Waals surface area (Å²) in [5, 5.41) is 0. The molecule has 28 heavy (non-hydrogen) atoms. The van der Waals surface area contributed by atoms with Crippen molar-refractivity contribution in [2.75, 3.05) is 0 Å². The molecule has 0 radical (unpaired) electrons. The number of carbonyl (C=O) groups excluding carboxylic acids is 3. The van der Waals surface area contributed by atoms with Gasteiger partial charge >= 0.3 is 11.9 Å². The van der Waals surface area contributed by atoms with Gasteiger partial charge in [-0.05, 0) is 70.1 Å². The lowest BCUT2D eigenvalue weighted by molar-refractivity contribution is -0.170. The zero-order valence-electron chi connectivity index (χ0n) is 16.6. The van der Waals surface area contributed by atoms with Crippen LogP contribution in [0.25, 0.3) is 0 Å². The Morgan fingerprint density at radius 1 is 0.929 bits per heavy atom. The van der Waals surface area contributed by atoms with Crippen LogP contribution in [-0.2, 0) is 23.9 Å². The van der Waals surface area contributed by atoms with Gasteiger partial charge in [0.25, 0.3) is 0 Å². The van der Waals surface area contributed by atoms with E-state index in [9.17, 15) is 14.4 Å². The molecule has 0 aromatic heterocycles. The van der Waals surface area contributed by atoms with E-state index in [0.29, 0.717) is 6.42 Å². The van der Waals surface area contributed by atoms with Crippen LogP contribution in [0.15, 0.2) is 12.2 Å². The minimum absolute atomic E-state index is 0.0364. The topological polar surface area (TPSA) is 69.7 Å². The van der Waals surface area contributed by atoms with Gasteiger partial charge in [-0.15, -0.1) is 0 Å². The lowest BCUT2D eigenvalue weighted by Crippen LogP contribution is -2.39. The average molecular weight is 386 g/mol. The lowest BCUT2D eigenvalue weighted by Gasteiger charge is -2.35. The largest absolute Gasteiger partial charge is 0.462 e. The predicted molar refractivity (Wildman–Crippen MR) is 101 cm³/mol. The third-order valence-corrected chi connectivity index (χ3v) is 8.11. The van der Waals surface area contributed by atoms with Crippen molar-refractivity contribution in [3.8, 4) is 0 Å². The Hall–Kier alpha value is -1.65. The number of carbonyl (C=O) groups is 3. The maximum Gasteiger partial charge on any atom is 0.310 e. The van der Waals surface area contributed by atoms with E-state index in [1.54, 1.807) is 0 Å². The molecule has 0 amide bonds. The minimum atomic E-state index is -0.298. The first-order valence-electron chi connectivity index (χ1n) is 11.1. The van der Waals surface area contributed by atoms with E-state index < -0.39 is 0 Å². The first kappa shape index (κ1) is 18.4. The second-order valence-corrected chi connectivity index (χ2v) is 10.0. The van der Waals surface area contributed by atoms with Crippen LogP contribution in [0.1, 0.15) is 64.7 Å². The smallest absolute Gasteiger partial charge is 0.310 e. The summed E-state index contributed by atoms with van der Waals surface area (Å²) >= 11 is 0. The minimum Gasteiger partial charge on any atom is -0.462 e. The van der Waals surface area contributed by atoms with Crippen LogP contribution in [0.4, 0.5) is 0 Å². The van der Waals surface area contributed by atoms with Crippen LogP contribution in [-0.4, -0.2) is 29.4 Å². The Balaban J connectivity index is 1.15. The molecule has 0 aromatic rings. The van der Waals surface area contributed by atoms with E-state index in [4.69, 9.17) is 9.47 Å². The number of hydrogen-bond acceptors (Lipinski definition) is 5. The number of fused-ring (bicyclic) bond motifs is 4. The lowest BCUT2D eigenvalue weighted by atomic mass is 9.84. The Morgan fingerprint density at radius 3 is 2.32 bits per heavy atom. The fourth-order valence-corrected chi connectivity index (χ4v) is 6.49. The van der Waals surface area contributed by atoms with Crippen molar-refractivity contribution in [2.45, 2.75) is 76.4 Å². The Morgan fingerprint density at radius 2 is 1.71 bits per heavy atom. The summed E-state index contributed by atoms with van der Waals surface area (Å²) in [6, 6.07) is 0. The number of ether oxygens (including phenoxy) is 2. The second kappa shape index (κ2) is 6.70. The maximum atomic E-state index is 12.8. The molecule has 0 saturated heterocycles. The van der Waals surface area contributed by atoms with Crippen LogP contribution >= 0.6 is 0 Å². The normalized spacial score (nSPS) is 42.8. The van der Waals surface area contributed by atoms with Crippen LogP contribution in [0.3, 0.4) is 0 Å². The Labute approximate surface area is 166 Å². The van der Waals surface area contributed by atoms with Gasteiger partial charge in [-0.2, -0.15) is 0 Å². The van der Waals surface area contributed by atoms with E-state index in [2.05, 4.69) is 6.92 Å². The third-order valence-electron chi connectivity index (χ3n) is 8.11. The van der Waals surface area contributed by atoms with Crippen molar-refractivity contribution >= 4 is 17.7 Å². The van der Waals surface area contributed by atoms with Gasteiger partial charge < -0.3 is 9.47 Å². The van der Waals surface area contributed by atoms with Gasteiger partial charge in [-0.1, -0.05) is 18.6 Å². The van der Waals surface area contributed by atoms with Crippen LogP contribution in [0.5, 0.6) is 0 Å². The van der Waals surface area contributed by atoms with E-state index in [1.807, 2.05) is 12.2 Å². The standard InChI is InChI=1S/C23H30O5/c1-23(7-3-2-4-8-23)28-22(26)17-11-15-9-14(17)12-19(15)27-21(25)18-10-13-5-6-16(18)20(13)24/h5-6,13-19H,2-4,7-12H2,1H3. The van der Waals surface area contributed by atoms with E-state index in [0.717, 1.165) is 44.9 Å². The van der Waals surface area contributed by atoms with Gasteiger partial charge in [0.1, 0.15) is 17.5 Å². The molecule has 4 fully saturated rings. The molecule has 7 atom stereocenters. The van der Waals surface area contributed by atoms with Crippen molar-refractivity contribution in [2.24, 2.45) is 35.5 Å². The van der Waals surface area contributed by atoms with Crippen molar-refractivity contribution in [3.05, 3.63) is 12.2 Å². The highest BCUT2D eigenvalue weighted by Crippen LogP contribution is 2.51. The molecule has 5 aliphatic carbocycles. The van der Waals surface area contributed by atoms with Gasteiger partial charge in [0.2, 0.25) is 0 Å². The molecule has 152 valence electrons. The molecular formula is C23H30O5. The summed E-state index contributed by atoms with van der Waals surface area (Å²) < 4.78 is 11.8. The summed E-state index contributed by atoms with van der Waals surface area (Å²) in [6.07, 6.45) is 12.2. The van der Waals surface area contributed by atoms with Gasteiger partial charge in [0.15, 0.2) is 0 Å². The monoisotopic (exact) mass is 386 g/mol. The molecule has 0 spiro atoms. The van der Waals surface area contributed by atoms with E-state index in [-0.39, 0.29) is 64.9 Å². The van der Waals surface area contributed by atoms with E-state index >= 15 is 0 Å². The molecule has 0 aromatic carbocycles. The molecule has 0 aliphatic heterocycles. The quantitative estimate of drug-likeness (QED) is 0.545. The summed E-state index contributed by atoms with van der Waals surface area (Å²) in [4.78, 5) is 37.5. The molecule has 5 rings (SSSR count). The zero-order valence-corrected chi connectivity index (χ0v) is 16.6. The van der Waals surface area contributed by atoms with Crippen molar-refractivity contribution in [1.82, 2.24) is 0 Å². The summed E-state index contributed by atoms with van der Waals surface area (Å²) in [7, 11) is 0. The van der Waals surface area contributed by atoms with Crippen LogP contribution < -0.4 is 0 Å². The Kier molecular flexibility index (Phi) is 4.40. The summed E-state index contributed by atoms with van der Waals surface area (Å²) in [5.41, 5.74) is -0.287. The highest BCUT2D eigenvalue weighted by molar-refractivity contribution is 5.96. The van der Waals surface area contributed by atoms with Gasteiger partial charge in [-0.3, -0.25) is 14.4 Å². The molecule has 5 heteroatoms. The van der Waals surface area contributed by atoms with Crippen LogP contribution in [0, 0.1) is 35.5 Å². The number of allylic oxidation sites excluding steroid dienone is 2. The number of ketones is 1. The molecule has 7 unspecified atom stereocenters. The van der Waals surface area contributed by atoms with Crippen molar-refractivity contribution in [3.63, 3.8) is 0 Å². The maximum absolute atomic E-state index is 12.8. The molecular weight excluding hydrogens is 356 g/mol. The number of hydrogen-bond donors (Lipinski definition) is 0. The highest BCUT2D eigenvalue weighted by Gasteiger charge is 2.53. The van der Waals surface area contributed by atoms with Crippen LogP contribution in [0.2, 0.25) is 0 Å². The molecule has 0 N–H and O–H groups in total. The summed E-state index contributed by atoms with van der Waals surface area (Å²) in [6.45, 7) is 2.08. The van der Waals surface area contributed by atoms with Crippen molar-refractivity contribution < 1.29 is 23.9 Å². The first-order valence-corrected chi connectivity index (χ1v) is 11.1. The third kappa shape index (κ3) is 3.02. The number of Topliss-reactive ketones (excluding diaryl/α,β-unsaturated/α-hetero) is 1. The molecule has 5 aliphatic rings. The molecule has 5 nitrogen and oxygen atoms in total. The second-order valence-electron chi connectivity index (χ2n) is 10.0. The zero-order chi connectivity index (χ0) is 19.5. The molecule has 4 saturated carbocycles. The number of esters is 2. The molecule has 4 bridgehead atoms. The SMILES string of the molecule is CC1(OC(=O)C2CC3CC2CC3OC(=O)C2CC3C=CC2C3=O)CCCCC1. The first-order chi connectivity index (χ1) is 13.4. The predicted octanol–water partition coefficient (Wildman–Crippen LogP) is 3.60.